The standard InChI is InChI=1S/C29H27NO2/c1-6-23-15-24(7-2)17-27(16-23)19-30(5)18-25-8-10-26(11-9-25)20-32-29(31)28-13-21(3)12-22(4)14-28/h1-2,8-17H,18-20H2,3-5H3. The van der Waals surface area contributed by atoms with E-state index in [1.54, 1.807) is 0 Å². The molecule has 3 aromatic carbocycles. The zero-order valence-corrected chi connectivity index (χ0v) is 18.8. The number of carbonyl (C=O) groups is 1. The van der Waals surface area contributed by atoms with Crippen molar-refractivity contribution < 1.29 is 9.53 Å². The average molecular weight is 422 g/mol. The summed E-state index contributed by atoms with van der Waals surface area (Å²) in [5.74, 6) is 5.01. The number of hydrogen-bond acceptors (Lipinski definition) is 3. The van der Waals surface area contributed by atoms with E-state index in [-0.39, 0.29) is 12.6 Å². The molecule has 0 unspecified atom stereocenters. The summed E-state index contributed by atoms with van der Waals surface area (Å²) in [5, 5.41) is 0. The summed E-state index contributed by atoms with van der Waals surface area (Å²) in [6.07, 6.45) is 11.1. The van der Waals surface area contributed by atoms with Gasteiger partial charge in [0.2, 0.25) is 0 Å². The SMILES string of the molecule is C#Cc1cc(C#C)cc(CN(C)Cc2ccc(COC(=O)c3cc(C)cc(C)c3)cc2)c1. The first-order chi connectivity index (χ1) is 15.4. The van der Waals surface area contributed by atoms with Crippen LogP contribution < -0.4 is 0 Å². The van der Waals surface area contributed by atoms with E-state index in [1.807, 2.05) is 62.4 Å². The Morgan fingerprint density at radius 1 is 0.812 bits per heavy atom. The van der Waals surface area contributed by atoms with Gasteiger partial charge in [0.25, 0.3) is 0 Å². The zero-order chi connectivity index (χ0) is 23.1. The molecule has 0 aromatic heterocycles. The van der Waals surface area contributed by atoms with Crippen LogP contribution in [0.3, 0.4) is 0 Å². The van der Waals surface area contributed by atoms with Gasteiger partial charge in [-0.25, -0.2) is 4.79 Å². The zero-order valence-electron chi connectivity index (χ0n) is 18.8. The minimum atomic E-state index is -0.304. The Bertz CT molecular complexity index is 1140. The highest BCUT2D eigenvalue weighted by atomic mass is 16.5. The van der Waals surface area contributed by atoms with E-state index in [4.69, 9.17) is 17.6 Å². The van der Waals surface area contributed by atoms with Crippen LogP contribution in [0.1, 0.15) is 49.3 Å². The fourth-order valence-electron chi connectivity index (χ4n) is 3.69. The van der Waals surface area contributed by atoms with Crippen LogP contribution in [0.4, 0.5) is 0 Å². The molecule has 0 heterocycles. The number of ether oxygens (including phenoxy) is 1. The summed E-state index contributed by atoms with van der Waals surface area (Å²) < 4.78 is 5.49. The summed E-state index contributed by atoms with van der Waals surface area (Å²) in [4.78, 5) is 14.5. The Morgan fingerprint density at radius 3 is 1.91 bits per heavy atom. The normalized spacial score (nSPS) is 10.4. The minimum Gasteiger partial charge on any atom is -0.457 e. The first-order valence-corrected chi connectivity index (χ1v) is 10.5. The van der Waals surface area contributed by atoms with Crippen molar-refractivity contribution >= 4 is 5.97 Å². The van der Waals surface area contributed by atoms with Gasteiger partial charge in [0.15, 0.2) is 0 Å². The molecule has 160 valence electrons. The molecule has 3 rings (SSSR count). The van der Waals surface area contributed by atoms with E-state index >= 15 is 0 Å². The molecule has 0 aliphatic carbocycles. The molecule has 0 N–H and O–H groups in total. The molecule has 32 heavy (non-hydrogen) atoms. The van der Waals surface area contributed by atoms with E-state index < -0.39 is 0 Å². The van der Waals surface area contributed by atoms with E-state index in [0.717, 1.165) is 46.5 Å². The number of nitrogens with zero attached hydrogens (tertiary/aromatic N) is 1. The van der Waals surface area contributed by atoms with Crippen LogP contribution >= 0.6 is 0 Å². The topological polar surface area (TPSA) is 29.5 Å². The molecule has 0 bridgehead atoms. The van der Waals surface area contributed by atoms with Gasteiger partial charge in [0, 0.05) is 24.2 Å². The quantitative estimate of drug-likeness (QED) is 0.385. The number of rotatable bonds is 7. The van der Waals surface area contributed by atoms with Crippen LogP contribution in [-0.2, 0) is 24.4 Å². The summed E-state index contributed by atoms with van der Waals surface area (Å²) >= 11 is 0. The first-order valence-electron chi connectivity index (χ1n) is 10.5. The Morgan fingerprint density at radius 2 is 1.34 bits per heavy atom. The highest BCUT2D eigenvalue weighted by Crippen LogP contribution is 2.15. The predicted octanol–water partition coefficient (Wildman–Crippen LogP) is 5.26. The van der Waals surface area contributed by atoms with E-state index in [1.165, 1.54) is 5.56 Å². The van der Waals surface area contributed by atoms with E-state index in [9.17, 15) is 4.79 Å². The minimum absolute atomic E-state index is 0.246. The maximum Gasteiger partial charge on any atom is 0.338 e. The van der Waals surface area contributed by atoms with Gasteiger partial charge in [0.1, 0.15) is 6.61 Å². The maximum atomic E-state index is 12.3. The Hall–Kier alpha value is -3.79. The Kier molecular flexibility index (Phi) is 7.50. The van der Waals surface area contributed by atoms with E-state index in [0.29, 0.717) is 5.56 Å². The van der Waals surface area contributed by atoms with Crippen molar-refractivity contribution in [1.29, 1.82) is 0 Å². The van der Waals surface area contributed by atoms with Gasteiger partial charge in [-0.3, -0.25) is 4.90 Å². The van der Waals surface area contributed by atoms with Crippen molar-refractivity contribution in [2.75, 3.05) is 7.05 Å². The van der Waals surface area contributed by atoms with Crippen LogP contribution in [-0.4, -0.2) is 17.9 Å². The van der Waals surface area contributed by atoms with Crippen molar-refractivity contribution in [1.82, 2.24) is 4.90 Å². The van der Waals surface area contributed by atoms with Crippen LogP contribution in [0.15, 0.2) is 60.7 Å². The lowest BCUT2D eigenvalue weighted by Gasteiger charge is -2.17. The Labute approximate surface area is 191 Å². The van der Waals surface area contributed by atoms with Gasteiger partial charge in [-0.2, -0.15) is 0 Å². The smallest absolute Gasteiger partial charge is 0.338 e. The molecular weight excluding hydrogens is 394 g/mol. The van der Waals surface area contributed by atoms with Gasteiger partial charge in [0.05, 0.1) is 5.56 Å². The second-order valence-electron chi connectivity index (χ2n) is 8.15. The second-order valence-corrected chi connectivity index (χ2v) is 8.15. The van der Waals surface area contributed by atoms with Crippen LogP contribution in [0.2, 0.25) is 0 Å². The van der Waals surface area contributed by atoms with Crippen LogP contribution in [0, 0.1) is 38.5 Å². The molecule has 0 aliphatic heterocycles. The first kappa shape index (κ1) is 22.9. The van der Waals surface area contributed by atoms with Crippen LogP contribution in [0.25, 0.3) is 0 Å². The molecule has 3 nitrogen and oxygen atoms in total. The summed E-state index contributed by atoms with van der Waals surface area (Å²) in [6.45, 7) is 5.70. The highest BCUT2D eigenvalue weighted by Gasteiger charge is 2.09. The molecule has 0 amide bonds. The van der Waals surface area contributed by atoms with Gasteiger partial charge < -0.3 is 4.74 Å². The third-order valence-corrected chi connectivity index (χ3v) is 5.08. The predicted molar refractivity (Wildman–Crippen MR) is 129 cm³/mol. The fraction of sp³-hybridized carbons (Fsp3) is 0.207. The fourth-order valence-corrected chi connectivity index (χ4v) is 3.69. The molecule has 0 spiro atoms. The Balaban J connectivity index is 1.56. The molecule has 3 heteroatoms. The molecular formula is C29H27NO2. The lowest BCUT2D eigenvalue weighted by molar-refractivity contribution is 0.0472. The molecule has 0 saturated carbocycles. The molecule has 0 saturated heterocycles. The summed E-state index contributed by atoms with van der Waals surface area (Å²) in [6, 6.07) is 19.7. The third-order valence-electron chi connectivity index (χ3n) is 5.08. The molecule has 0 radical (unpaired) electrons. The lowest BCUT2D eigenvalue weighted by atomic mass is 10.1. The van der Waals surface area contributed by atoms with Gasteiger partial charge in [-0.1, -0.05) is 53.3 Å². The number of carbonyl (C=O) groups excluding carboxylic acids is 1. The molecule has 0 atom stereocenters. The second kappa shape index (κ2) is 10.5. The van der Waals surface area contributed by atoms with Gasteiger partial charge in [-0.15, -0.1) is 12.8 Å². The van der Waals surface area contributed by atoms with Crippen molar-refractivity contribution in [3.63, 3.8) is 0 Å². The third kappa shape index (κ3) is 6.35. The van der Waals surface area contributed by atoms with Crippen LogP contribution in [0.5, 0.6) is 0 Å². The monoisotopic (exact) mass is 421 g/mol. The number of benzene rings is 3. The largest absolute Gasteiger partial charge is 0.457 e. The van der Waals surface area contributed by atoms with Gasteiger partial charge >= 0.3 is 5.97 Å². The average Bonchev–Trinajstić information content (AvgIpc) is 2.77. The van der Waals surface area contributed by atoms with Crippen molar-refractivity contribution in [3.05, 3.63) is 105 Å². The van der Waals surface area contributed by atoms with Gasteiger partial charge in [-0.05, 0) is 67.9 Å². The number of esters is 1. The van der Waals surface area contributed by atoms with E-state index in [2.05, 4.69) is 35.9 Å². The van der Waals surface area contributed by atoms with Crippen molar-refractivity contribution in [2.45, 2.75) is 33.5 Å². The molecule has 0 aliphatic rings. The van der Waals surface area contributed by atoms with Crippen molar-refractivity contribution in [3.8, 4) is 24.7 Å². The molecule has 0 fully saturated rings. The number of hydrogen-bond donors (Lipinski definition) is 0. The highest BCUT2D eigenvalue weighted by molar-refractivity contribution is 5.89. The molecule has 3 aromatic rings. The number of terminal acetylenes is 2. The summed E-state index contributed by atoms with van der Waals surface area (Å²) in [5.41, 5.74) is 7.48. The van der Waals surface area contributed by atoms with Crippen molar-refractivity contribution in [2.24, 2.45) is 0 Å². The lowest BCUT2D eigenvalue weighted by Crippen LogP contribution is -2.17. The maximum absolute atomic E-state index is 12.3. The summed E-state index contributed by atoms with van der Waals surface area (Å²) in [7, 11) is 2.05. The number of aryl methyl sites for hydroxylation is 2.